The highest BCUT2D eigenvalue weighted by Gasteiger charge is 2.50. The summed E-state index contributed by atoms with van der Waals surface area (Å²) < 4.78 is 3.46. The molecule has 0 saturated carbocycles. The summed E-state index contributed by atoms with van der Waals surface area (Å²) in [5, 5.41) is 32.4. The van der Waals surface area contributed by atoms with Crippen molar-refractivity contribution in [1.82, 2.24) is 44.7 Å². The van der Waals surface area contributed by atoms with Gasteiger partial charge in [0, 0.05) is 56.5 Å². The lowest BCUT2D eigenvalue weighted by Gasteiger charge is -2.31. The zero-order valence-corrected chi connectivity index (χ0v) is 52.0. The van der Waals surface area contributed by atoms with Gasteiger partial charge < -0.3 is 32.4 Å². The van der Waals surface area contributed by atoms with Crippen molar-refractivity contribution in [3.05, 3.63) is 262 Å². The van der Waals surface area contributed by atoms with E-state index in [1.54, 1.807) is 47.2 Å². The Bertz CT molecular complexity index is 4170. The van der Waals surface area contributed by atoms with Crippen molar-refractivity contribution < 1.29 is 19.2 Å². The van der Waals surface area contributed by atoms with Crippen LogP contribution >= 0.6 is 135 Å². The Hall–Kier alpha value is -7.28. The number of aromatic nitrogens is 7. The average molecular weight is 1410 g/mol. The third-order valence-electron chi connectivity index (χ3n) is 11.9. The molecule has 0 spiro atoms. The number of pyridine rings is 3. The summed E-state index contributed by atoms with van der Waals surface area (Å²) in [6.45, 7) is 0. The number of carbonyl (C=O) groups excluding carboxylic acids is 4. The summed E-state index contributed by atoms with van der Waals surface area (Å²) in [4.78, 5) is 103. The smallest absolute Gasteiger partial charge is 0.277 e. The number of fused-ring (bicyclic) bond motifs is 2. The third-order valence-corrected chi connectivity index (χ3v) is 18.1. The molecule has 11 aromatic heterocycles. The van der Waals surface area contributed by atoms with Gasteiger partial charge in [0.05, 0.1) is 24.0 Å². The van der Waals surface area contributed by atoms with Crippen molar-refractivity contribution in [3.8, 4) is 0 Å². The summed E-state index contributed by atoms with van der Waals surface area (Å²) >= 11 is 33.6. The van der Waals surface area contributed by atoms with Gasteiger partial charge in [-0.25, -0.2) is 19.9 Å². The maximum absolute atomic E-state index is 13.6. The van der Waals surface area contributed by atoms with Gasteiger partial charge in [0.1, 0.15) is 47.1 Å². The Labute approximate surface area is 524 Å². The van der Waals surface area contributed by atoms with Gasteiger partial charge in [0.25, 0.3) is 34.4 Å². The van der Waals surface area contributed by atoms with Gasteiger partial charge in [-0.15, -0.1) is 0 Å². The molecule has 2 aliphatic heterocycles. The first-order chi connectivity index (χ1) is 40.0. The van der Waals surface area contributed by atoms with Gasteiger partial charge in [-0.3, -0.25) is 42.7 Å². The lowest BCUT2D eigenvalue weighted by molar-refractivity contribution is 0.0938. The highest BCUT2D eigenvalue weighted by Crippen LogP contribution is 2.42. The van der Waals surface area contributed by atoms with Crippen LogP contribution in [0.3, 0.4) is 0 Å². The first-order valence-corrected chi connectivity index (χ1v) is 31.7. The minimum absolute atomic E-state index is 0.0788. The molecule has 2 aliphatic rings. The zero-order chi connectivity index (χ0) is 59.0. The lowest BCUT2D eigenvalue weighted by Crippen LogP contribution is -2.49. The number of aromatic amines is 1. The van der Waals surface area contributed by atoms with Crippen LogP contribution in [0.1, 0.15) is 69.6 Å². The number of nitrogens with two attached hydrogens (primary N) is 2. The number of hydrogen-bond donors (Lipinski definition) is 6. The zero-order valence-electron chi connectivity index (χ0n) is 41.6. The van der Waals surface area contributed by atoms with Gasteiger partial charge >= 0.3 is 0 Å². The van der Waals surface area contributed by atoms with Crippen LogP contribution in [0.25, 0.3) is 0 Å². The van der Waals surface area contributed by atoms with E-state index in [1.165, 1.54) is 85.3 Å². The second kappa shape index (κ2) is 26.5. The Balaban J connectivity index is 0.000000135. The molecule has 0 aliphatic carbocycles. The van der Waals surface area contributed by atoms with Crippen LogP contribution < -0.4 is 44.1 Å². The normalized spacial score (nSPS) is 12.9. The van der Waals surface area contributed by atoms with E-state index in [2.05, 4.69) is 72.7 Å². The molecule has 0 aromatic carbocycles. The fourth-order valence-electron chi connectivity index (χ4n) is 8.29. The number of H-pyrrole nitrogens is 1. The number of nitrogens with one attached hydrogen (secondary N) is 4. The lowest BCUT2D eigenvalue weighted by atomic mass is 9.96. The van der Waals surface area contributed by atoms with Crippen molar-refractivity contribution >= 4 is 176 Å². The molecule has 0 atom stereocenters. The van der Waals surface area contributed by atoms with E-state index in [4.69, 9.17) is 46.3 Å². The molecule has 11 aromatic rings. The Morgan fingerprint density at radius 1 is 0.566 bits per heavy atom. The summed E-state index contributed by atoms with van der Waals surface area (Å²) in [7, 11) is 0. The molecule has 0 fully saturated rings. The largest absolute Gasteiger partial charge is 0.384 e. The molecule has 0 bridgehead atoms. The van der Waals surface area contributed by atoms with Crippen LogP contribution in [0.5, 0.6) is 0 Å². The van der Waals surface area contributed by atoms with Crippen LogP contribution in [0.2, 0.25) is 15.1 Å². The predicted molar refractivity (Wildman–Crippen MR) is 336 cm³/mol. The van der Waals surface area contributed by atoms with Crippen molar-refractivity contribution in [2.45, 2.75) is 11.3 Å². The molecule has 0 saturated heterocycles. The molecule has 0 unspecified atom stereocenters. The van der Waals surface area contributed by atoms with Crippen LogP contribution in [-0.4, -0.2) is 57.6 Å². The van der Waals surface area contributed by atoms with Crippen LogP contribution in [0.4, 0.5) is 17.3 Å². The Morgan fingerprint density at radius 2 is 1.01 bits per heavy atom. The molecular weight excluding hydrogens is 1380 g/mol. The van der Waals surface area contributed by atoms with Gasteiger partial charge in [-0.1, -0.05) is 34.8 Å². The number of nitrogens with zero attached hydrogens (tertiary/aromatic N) is 6. The van der Waals surface area contributed by atoms with Crippen molar-refractivity contribution in [1.29, 1.82) is 0 Å². The minimum atomic E-state index is -1.17. The highest BCUT2D eigenvalue weighted by molar-refractivity contribution is 9.10. The molecule has 83 heavy (non-hydrogen) atoms. The number of anilines is 3. The third kappa shape index (κ3) is 12.7. The summed E-state index contributed by atoms with van der Waals surface area (Å²) in [6, 6.07) is 18.8. The summed E-state index contributed by atoms with van der Waals surface area (Å²) in [6.07, 6.45) is 5.95. The monoisotopic (exact) mass is 1410 g/mol. The van der Waals surface area contributed by atoms with Crippen molar-refractivity contribution in [2.75, 3.05) is 11.1 Å². The fourth-order valence-corrected chi connectivity index (χ4v) is 14.2. The number of thiophene rings is 6. The molecule has 13 rings (SSSR count). The first kappa shape index (κ1) is 60.3. The molecule has 30 heteroatoms. The number of rotatable bonds is 9. The van der Waals surface area contributed by atoms with E-state index in [0.717, 1.165) is 33.4 Å². The molecular formula is C53H35Br2Cl3N12O7S6. The van der Waals surface area contributed by atoms with Gasteiger partial charge in [-0.05, 0) is 152 Å². The molecule has 8 N–H and O–H groups in total. The quantitative estimate of drug-likeness (QED) is 0.0734. The minimum Gasteiger partial charge on any atom is -0.384 e. The Kier molecular flexibility index (Phi) is 19.3. The number of halogens is 5. The van der Waals surface area contributed by atoms with Gasteiger partial charge in [0.2, 0.25) is 0 Å². The van der Waals surface area contributed by atoms with Gasteiger partial charge in [-0.2, -0.15) is 68.0 Å². The topological polar surface area (TPSA) is 285 Å². The molecule has 3 amide bonds. The summed E-state index contributed by atoms with van der Waals surface area (Å²) in [5.41, 5.74) is 12.0. The first-order valence-electron chi connectivity index (χ1n) is 23.3. The summed E-state index contributed by atoms with van der Waals surface area (Å²) in [5.74, 6) is -0.449. The second-order valence-electron chi connectivity index (χ2n) is 16.8. The highest BCUT2D eigenvalue weighted by atomic mass is 79.9. The SMILES string of the molecule is NC(=O)c1[nH]c(=O)c(Br)cc1Cl.Nc1ccncn1.O=C(c1ccsc1)c1ccsc1.O=C1NC(c2ccsc2)(c2ccsc2)n2c1c(Cl)cc(Br)c2=O.O=C1NC(c2ccsc2)(c2ccsc2)n2c1c(Cl)cc(Nc1ccncn1)c2=O. The van der Waals surface area contributed by atoms with E-state index in [-0.39, 0.29) is 59.6 Å². The maximum atomic E-state index is 13.6. The van der Waals surface area contributed by atoms with E-state index in [9.17, 15) is 33.6 Å². The molecule has 19 nitrogen and oxygen atoms in total. The van der Waals surface area contributed by atoms with E-state index in [1.807, 2.05) is 101 Å². The average Bonchev–Trinajstić information content (AvgIpc) is 1.85. The predicted octanol–water partition coefficient (Wildman–Crippen LogP) is 11.5. The maximum Gasteiger partial charge on any atom is 0.277 e. The number of amides is 3. The van der Waals surface area contributed by atoms with Crippen molar-refractivity contribution in [2.24, 2.45) is 5.73 Å². The van der Waals surface area contributed by atoms with E-state index >= 15 is 0 Å². The molecule has 0 radical (unpaired) electrons. The van der Waals surface area contributed by atoms with Crippen LogP contribution in [0.15, 0.2) is 180 Å². The second-order valence-corrected chi connectivity index (χ2v) is 24.5. The van der Waals surface area contributed by atoms with Crippen LogP contribution in [0, 0.1) is 0 Å². The van der Waals surface area contributed by atoms with Crippen molar-refractivity contribution in [3.63, 3.8) is 0 Å². The fraction of sp³-hybridized carbons (Fsp3) is 0.0377. The standard InChI is InChI=1S/C19H12ClN5O2S2.C15H8BrClN2O2S2.C9H6OS2.C6H4BrClN2O2.C4H5N3/c20-13-7-14(23-15-1-4-21-10-22-15)18(27)25-16(13)17(26)24-19(25,11-2-5-28-8-11)12-3-6-29-9-12;16-10-5-11(17)12-13(20)18-15(19(12)14(10)21,8-1-3-22-6-8)9-2-4-23-7-9;10-9(7-1-3-11-5-7)8-2-4-12-6-8;7-2-1-3(8)4(5(9)11)10-6(2)12;5-4-1-2-6-3-7-4/h1-10H,(H,24,26)(H,21,22,23);1-7H,(H,18,20);1-6H;1H,(H2,9,11)(H,10,12);1-3H,(H2,5,6,7). The number of nitrogen functional groups attached to an aromatic ring is 1. The van der Waals surface area contributed by atoms with E-state index in [0.29, 0.717) is 16.1 Å². The van der Waals surface area contributed by atoms with E-state index < -0.39 is 34.3 Å². The van der Waals surface area contributed by atoms with Gasteiger partial charge in [0.15, 0.2) is 17.1 Å². The Morgan fingerprint density at radius 3 is 1.41 bits per heavy atom. The number of hydrogen-bond acceptors (Lipinski definition) is 19. The number of primary amides is 1. The van der Waals surface area contributed by atoms with Crippen LogP contribution in [-0.2, 0) is 11.3 Å². The molecule has 420 valence electrons. The number of carbonyl (C=O) groups is 4. The molecule has 13 heterocycles. The number of ketones is 1.